The highest BCUT2D eigenvalue weighted by molar-refractivity contribution is 6.76. The molecule has 3 heterocycles. The molecule has 11 nitrogen and oxygen atoms in total. The van der Waals surface area contributed by atoms with Gasteiger partial charge in [0.25, 0.3) is 0 Å². The number of aromatic nitrogens is 4. The summed E-state index contributed by atoms with van der Waals surface area (Å²) in [7, 11) is -0.750. The van der Waals surface area contributed by atoms with E-state index in [-0.39, 0.29) is 24.4 Å². The van der Waals surface area contributed by atoms with E-state index in [0.717, 1.165) is 55.8 Å². The molecule has 1 aromatic carbocycles. The molecule has 1 N–H and O–H groups in total. The van der Waals surface area contributed by atoms with Crippen molar-refractivity contribution in [2.45, 2.75) is 104 Å². The minimum Gasteiger partial charge on any atom is -0.506 e. The van der Waals surface area contributed by atoms with Crippen LogP contribution >= 0.6 is 0 Å². The molecule has 1 aliphatic heterocycles. The molecule has 270 valence electrons. The van der Waals surface area contributed by atoms with E-state index in [2.05, 4.69) is 55.8 Å². The summed E-state index contributed by atoms with van der Waals surface area (Å²) in [6.07, 6.45) is 3.17. The molecule has 1 saturated heterocycles. The Bertz CT molecular complexity index is 1670. The summed E-state index contributed by atoms with van der Waals surface area (Å²) in [5, 5.41) is 16.7. The van der Waals surface area contributed by atoms with E-state index in [1.54, 1.807) is 18.0 Å². The Morgan fingerprint density at radius 1 is 1.08 bits per heavy atom. The topological polar surface area (TPSA) is 107 Å². The quantitative estimate of drug-likeness (QED) is 0.160. The molecule has 1 saturated carbocycles. The maximum atomic E-state index is 13.7. The molecule has 3 aromatic rings. The van der Waals surface area contributed by atoms with Crippen molar-refractivity contribution in [1.82, 2.24) is 24.2 Å². The van der Waals surface area contributed by atoms with Crippen LogP contribution in [0.3, 0.4) is 0 Å². The van der Waals surface area contributed by atoms with Crippen molar-refractivity contribution in [2.24, 2.45) is 11.3 Å². The highest BCUT2D eigenvalue weighted by Gasteiger charge is 2.54. The predicted octanol–water partition coefficient (Wildman–Crippen LogP) is 6.04. The van der Waals surface area contributed by atoms with E-state index in [1.807, 2.05) is 17.6 Å². The van der Waals surface area contributed by atoms with Crippen molar-refractivity contribution >= 4 is 38.8 Å². The summed E-state index contributed by atoms with van der Waals surface area (Å²) in [4.78, 5) is 22.6. The van der Waals surface area contributed by atoms with Crippen LogP contribution in [-0.2, 0) is 45.3 Å². The van der Waals surface area contributed by atoms with Crippen LogP contribution in [0, 0.1) is 11.3 Å². The fraction of sp³-hybridized carbons (Fsp3) is 0.694. The third kappa shape index (κ3) is 8.02. The normalized spacial score (nSPS) is 21.9. The molecular formula is C36H58N6O5Si2. The van der Waals surface area contributed by atoms with Crippen molar-refractivity contribution in [3.05, 3.63) is 23.4 Å². The van der Waals surface area contributed by atoms with Gasteiger partial charge in [0.05, 0.1) is 24.8 Å². The van der Waals surface area contributed by atoms with Gasteiger partial charge < -0.3 is 24.2 Å². The van der Waals surface area contributed by atoms with Gasteiger partial charge in [0.1, 0.15) is 30.4 Å². The Morgan fingerprint density at radius 3 is 2.39 bits per heavy atom. The second kappa shape index (κ2) is 13.9. The number of ether oxygens (including phenoxy) is 3. The summed E-state index contributed by atoms with van der Waals surface area (Å²) in [5.74, 6) is 1.33. The van der Waals surface area contributed by atoms with Gasteiger partial charge in [0.2, 0.25) is 5.91 Å². The third-order valence-corrected chi connectivity index (χ3v) is 14.3. The average molecular weight is 711 g/mol. The molecule has 6 rings (SSSR count). The summed E-state index contributed by atoms with van der Waals surface area (Å²) in [6.45, 7) is 23.2. The summed E-state index contributed by atoms with van der Waals surface area (Å²) in [5.41, 5.74) is 5.46. The van der Waals surface area contributed by atoms with Gasteiger partial charge in [-0.05, 0) is 55.7 Å². The minimum absolute atomic E-state index is 0.0334. The van der Waals surface area contributed by atoms with Crippen LogP contribution in [0.25, 0.3) is 22.6 Å². The third-order valence-electron chi connectivity index (χ3n) is 10.9. The number of imidazole rings is 1. The summed E-state index contributed by atoms with van der Waals surface area (Å²) < 4.78 is 22.2. The van der Waals surface area contributed by atoms with Crippen molar-refractivity contribution in [2.75, 3.05) is 51.5 Å². The summed E-state index contributed by atoms with van der Waals surface area (Å²) in [6, 6.07) is 5.44. The number of phenols is 1. The predicted molar refractivity (Wildman–Crippen MR) is 200 cm³/mol. The number of nitrogens with zero attached hydrogens (tertiary/aromatic N) is 6. The second-order valence-corrected chi connectivity index (χ2v) is 28.6. The number of rotatable bonds is 14. The van der Waals surface area contributed by atoms with E-state index >= 15 is 0 Å². The molecule has 2 aromatic heterocycles. The molecule has 1 amide bonds. The fourth-order valence-corrected chi connectivity index (χ4v) is 8.70. The van der Waals surface area contributed by atoms with E-state index in [4.69, 9.17) is 24.3 Å². The van der Waals surface area contributed by atoms with E-state index in [9.17, 15) is 9.90 Å². The van der Waals surface area contributed by atoms with E-state index in [1.165, 1.54) is 17.7 Å². The van der Waals surface area contributed by atoms with Gasteiger partial charge in [-0.15, -0.1) is 0 Å². The van der Waals surface area contributed by atoms with Crippen molar-refractivity contribution in [1.29, 1.82) is 0 Å². The molecule has 2 aliphatic carbocycles. The fourth-order valence-electron chi connectivity index (χ4n) is 7.19. The van der Waals surface area contributed by atoms with Crippen LogP contribution in [0.2, 0.25) is 51.4 Å². The smallest absolute Gasteiger partial charge is 0.243 e. The van der Waals surface area contributed by atoms with Crippen LogP contribution in [0.4, 0.5) is 5.69 Å². The first-order valence-electron chi connectivity index (χ1n) is 18.1. The van der Waals surface area contributed by atoms with Gasteiger partial charge >= 0.3 is 0 Å². The lowest BCUT2D eigenvalue weighted by Crippen LogP contribution is -2.50. The highest BCUT2D eigenvalue weighted by Crippen LogP contribution is 2.60. The first-order chi connectivity index (χ1) is 23.0. The Kier molecular flexibility index (Phi) is 10.3. The van der Waals surface area contributed by atoms with Crippen molar-refractivity contribution in [3.8, 4) is 17.3 Å². The van der Waals surface area contributed by atoms with Crippen LogP contribution in [0.1, 0.15) is 31.5 Å². The van der Waals surface area contributed by atoms with Gasteiger partial charge in [-0.2, -0.15) is 5.10 Å². The van der Waals surface area contributed by atoms with Gasteiger partial charge in [-0.3, -0.25) is 14.3 Å². The van der Waals surface area contributed by atoms with Crippen LogP contribution in [0.5, 0.6) is 5.75 Å². The van der Waals surface area contributed by atoms with Crippen molar-refractivity contribution < 1.29 is 24.1 Å². The number of morpholine rings is 1. The monoisotopic (exact) mass is 710 g/mol. The first kappa shape index (κ1) is 36.2. The van der Waals surface area contributed by atoms with E-state index < -0.39 is 16.1 Å². The average Bonchev–Trinajstić information content (AvgIpc) is 3.39. The number of aromatic hydroxyl groups is 1. The Hall–Kier alpha value is -2.56. The number of carbonyl (C=O) groups is 1. The number of hydrogen-bond donors (Lipinski definition) is 1. The zero-order valence-electron chi connectivity index (χ0n) is 31.3. The number of carbonyl (C=O) groups excluding carboxylic acids is 1. The molecule has 0 radical (unpaired) electrons. The van der Waals surface area contributed by atoms with Crippen LogP contribution < -0.4 is 4.90 Å². The zero-order valence-corrected chi connectivity index (χ0v) is 33.3. The van der Waals surface area contributed by atoms with Gasteiger partial charge in [-0.1, -0.05) is 46.2 Å². The standard InChI is InChI=1S/C36H58N6O5Si2/c1-25(40-10-12-45-13-11-40)35(44)39(3)27-19-29-33(31(43)20-27)37-34(41(29)23-46-14-16-48(4,5)6)32-28-18-26-21-36(26,2)22-30(28)42(38-32)24-47-15-17-49(7,8)9/h19-20,25-26,43H,10-18,21-24H2,1-9H3/t25?,26-,36-/m1/s1. The number of anilines is 1. The number of phenolic OH excluding ortho intramolecular Hbond substituents is 1. The Morgan fingerprint density at radius 2 is 1.73 bits per heavy atom. The Balaban J connectivity index is 1.37. The van der Waals surface area contributed by atoms with Gasteiger partial charge in [0, 0.05) is 72.5 Å². The molecule has 3 atom stereocenters. The largest absolute Gasteiger partial charge is 0.506 e. The molecule has 2 fully saturated rings. The molecule has 0 bridgehead atoms. The maximum absolute atomic E-state index is 13.7. The summed E-state index contributed by atoms with van der Waals surface area (Å²) >= 11 is 0. The highest BCUT2D eigenvalue weighted by atomic mass is 28.3. The number of benzene rings is 1. The Labute approximate surface area is 293 Å². The number of fused-ring (bicyclic) bond motifs is 3. The lowest BCUT2D eigenvalue weighted by atomic mass is 9.87. The lowest BCUT2D eigenvalue weighted by Gasteiger charge is -2.33. The lowest BCUT2D eigenvalue weighted by molar-refractivity contribution is -0.124. The second-order valence-electron chi connectivity index (χ2n) is 17.3. The molecule has 49 heavy (non-hydrogen) atoms. The SMILES string of the molecule is CC(C(=O)N(C)c1cc(O)c2nc(-c3nn(COCC[Si](C)(C)C)c4c3C[C@@H]3C[C@]3(C)C4)n(COCC[Si](C)(C)C)c2c1)N1CCOCC1. The van der Waals surface area contributed by atoms with Gasteiger partial charge in [0.15, 0.2) is 5.82 Å². The molecule has 3 aliphatic rings. The maximum Gasteiger partial charge on any atom is 0.243 e. The van der Waals surface area contributed by atoms with Crippen LogP contribution in [0.15, 0.2) is 12.1 Å². The number of hydrogen-bond acceptors (Lipinski definition) is 8. The van der Waals surface area contributed by atoms with Crippen molar-refractivity contribution in [3.63, 3.8) is 0 Å². The number of amides is 1. The first-order valence-corrected chi connectivity index (χ1v) is 25.5. The van der Waals surface area contributed by atoms with E-state index in [0.29, 0.717) is 54.9 Å². The van der Waals surface area contributed by atoms with Crippen LogP contribution in [-0.4, -0.2) is 104 Å². The zero-order chi connectivity index (χ0) is 35.3. The van der Waals surface area contributed by atoms with Gasteiger partial charge in [-0.25, -0.2) is 9.67 Å². The minimum atomic E-state index is -1.31. The number of likely N-dealkylation sites (N-methyl/N-ethyl adjacent to an activating group) is 1. The molecule has 1 unspecified atom stereocenters. The molecular weight excluding hydrogens is 653 g/mol. The molecule has 13 heteroatoms. The molecule has 0 spiro atoms.